The minimum atomic E-state index is -0.294. The Hall–Kier alpha value is -2.55. The number of fused-ring (bicyclic) bond motifs is 5. The maximum Gasteiger partial charge on any atom is 0.343 e. The Morgan fingerprint density at radius 1 is 1.05 bits per heavy atom. The lowest BCUT2D eigenvalue weighted by Gasteiger charge is -2.07. The average molecular weight is 250 g/mol. The van der Waals surface area contributed by atoms with Gasteiger partial charge in [-0.3, -0.25) is 0 Å². The van der Waals surface area contributed by atoms with Crippen LogP contribution in [0.1, 0.15) is 11.3 Å². The largest absolute Gasteiger partial charge is 0.464 e. The number of hydrogen-bond acceptors (Lipinski definition) is 3. The summed E-state index contributed by atoms with van der Waals surface area (Å²) in [4.78, 5) is 12.0. The average Bonchev–Trinajstić information content (AvgIpc) is 2.81. The monoisotopic (exact) mass is 250 g/mol. The Bertz CT molecular complexity index is 865. The second-order valence-corrected chi connectivity index (χ2v) is 4.54. The molecule has 92 valence electrons. The van der Waals surface area contributed by atoms with Crippen molar-refractivity contribution in [1.29, 1.82) is 0 Å². The van der Waals surface area contributed by atoms with Crippen LogP contribution < -0.4 is 5.63 Å². The molecule has 0 aliphatic heterocycles. The van der Waals surface area contributed by atoms with Gasteiger partial charge in [0.05, 0.1) is 17.2 Å². The van der Waals surface area contributed by atoms with Gasteiger partial charge in [-0.05, 0) is 12.1 Å². The fraction of sp³-hybridized carbons (Fsp3) is 0.0625. The number of allylic oxidation sites excluding steroid dienone is 1. The molecule has 0 atom stereocenters. The van der Waals surface area contributed by atoms with Gasteiger partial charge >= 0.3 is 5.63 Å². The third-order valence-electron chi connectivity index (χ3n) is 3.43. The molecule has 3 heteroatoms. The van der Waals surface area contributed by atoms with E-state index in [9.17, 15) is 4.79 Å². The number of hydrogen-bond donors (Lipinski definition) is 0. The van der Waals surface area contributed by atoms with E-state index in [2.05, 4.69) is 0 Å². The van der Waals surface area contributed by atoms with Gasteiger partial charge in [0.25, 0.3) is 0 Å². The lowest BCUT2D eigenvalue weighted by molar-refractivity contribution is 0.477. The minimum absolute atomic E-state index is 0.294. The maximum atomic E-state index is 12.0. The standard InChI is InChI=1S/C16H10O3/c17-16-12-6-2-1-5-11(12)14-13(19-16)7-3-4-10-8-9-18-15(10)14/h1-6,8-9H,7H2. The molecule has 0 amide bonds. The Morgan fingerprint density at radius 3 is 2.79 bits per heavy atom. The number of furan rings is 1. The highest BCUT2D eigenvalue weighted by Gasteiger charge is 2.20. The van der Waals surface area contributed by atoms with E-state index in [4.69, 9.17) is 8.83 Å². The van der Waals surface area contributed by atoms with E-state index in [1.54, 1.807) is 12.3 Å². The summed E-state index contributed by atoms with van der Waals surface area (Å²) in [5, 5.41) is 1.47. The van der Waals surface area contributed by atoms with Crippen LogP contribution >= 0.6 is 0 Å². The first-order valence-corrected chi connectivity index (χ1v) is 6.14. The zero-order valence-electron chi connectivity index (χ0n) is 10.1. The van der Waals surface area contributed by atoms with E-state index in [0.29, 0.717) is 17.6 Å². The molecule has 0 bridgehead atoms. The van der Waals surface area contributed by atoms with E-state index in [1.165, 1.54) is 0 Å². The maximum absolute atomic E-state index is 12.0. The van der Waals surface area contributed by atoms with Crippen LogP contribution in [0.15, 0.2) is 56.3 Å². The molecule has 0 fully saturated rings. The Morgan fingerprint density at radius 2 is 1.89 bits per heavy atom. The van der Waals surface area contributed by atoms with Crippen LogP contribution in [0.4, 0.5) is 0 Å². The molecular formula is C16H10O3. The molecule has 2 heterocycles. The molecule has 0 N–H and O–H groups in total. The summed E-state index contributed by atoms with van der Waals surface area (Å²) in [6.07, 6.45) is 6.23. The molecule has 1 aliphatic carbocycles. The van der Waals surface area contributed by atoms with Crippen LogP contribution in [0, 0.1) is 0 Å². The second kappa shape index (κ2) is 3.72. The third kappa shape index (κ3) is 1.41. The van der Waals surface area contributed by atoms with Crippen molar-refractivity contribution in [2.45, 2.75) is 6.42 Å². The van der Waals surface area contributed by atoms with Gasteiger partial charge in [-0.15, -0.1) is 0 Å². The highest BCUT2D eigenvalue weighted by Crippen LogP contribution is 2.36. The van der Waals surface area contributed by atoms with Crippen molar-refractivity contribution in [1.82, 2.24) is 0 Å². The second-order valence-electron chi connectivity index (χ2n) is 4.54. The summed E-state index contributed by atoms with van der Waals surface area (Å²) in [6.45, 7) is 0. The summed E-state index contributed by atoms with van der Waals surface area (Å²) >= 11 is 0. The van der Waals surface area contributed by atoms with Crippen LogP contribution in [0.25, 0.3) is 28.2 Å². The molecule has 0 unspecified atom stereocenters. The van der Waals surface area contributed by atoms with Gasteiger partial charge in [0.1, 0.15) is 11.5 Å². The Labute approximate surface area is 108 Å². The van der Waals surface area contributed by atoms with Crippen LogP contribution in [0.3, 0.4) is 0 Å². The number of rotatable bonds is 0. The molecule has 3 nitrogen and oxygen atoms in total. The van der Waals surface area contributed by atoms with E-state index in [1.807, 2.05) is 36.4 Å². The molecule has 0 spiro atoms. The van der Waals surface area contributed by atoms with Crippen molar-refractivity contribution in [3.63, 3.8) is 0 Å². The van der Waals surface area contributed by atoms with Gasteiger partial charge < -0.3 is 8.83 Å². The first-order valence-electron chi connectivity index (χ1n) is 6.14. The summed E-state index contributed by atoms with van der Waals surface area (Å²) in [7, 11) is 0. The smallest absolute Gasteiger partial charge is 0.343 e. The van der Waals surface area contributed by atoms with E-state index >= 15 is 0 Å². The molecule has 0 saturated carbocycles. The topological polar surface area (TPSA) is 43.4 Å². The van der Waals surface area contributed by atoms with Crippen molar-refractivity contribution in [2.75, 3.05) is 0 Å². The van der Waals surface area contributed by atoms with Crippen LogP contribution in [-0.4, -0.2) is 0 Å². The summed E-state index contributed by atoms with van der Waals surface area (Å²) < 4.78 is 11.0. The van der Waals surface area contributed by atoms with E-state index in [0.717, 1.165) is 22.3 Å². The fourth-order valence-electron chi connectivity index (χ4n) is 2.59. The van der Waals surface area contributed by atoms with Gasteiger partial charge in [-0.25, -0.2) is 4.79 Å². The minimum Gasteiger partial charge on any atom is -0.464 e. The van der Waals surface area contributed by atoms with Crippen LogP contribution in [0.2, 0.25) is 0 Å². The molecular weight excluding hydrogens is 240 g/mol. The zero-order valence-corrected chi connectivity index (χ0v) is 10.1. The summed E-state index contributed by atoms with van der Waals surface area (Å²) in [6, 6.07) is 9.39. The highest BCUT2D eigenvalue weighted by atomic mass is 16.4. The van der Waals surface area contributed by atoms with E-state index < -0.39 is 0 Å². The van der Waals surface area contributed by atoms with Crippen molar-refractivity contribution in [3.05, 3.63) is 64.4 Å². The van der Waals surface area contributed by atoms with Crippen molar-refractivity contribution < 1.29 is 8.83 Å². The lowest BCUT2D eigenvalue weighted by Crippen LogP contribution is -2.04. The molecule has 0 radical (unpaired) electrons. The molecule has 0 saturated heterocycles. The van der Waals surface area contributed by atoms with Gasteiger partial charge in [0, 0.05) is 17.4 Å². The first-order chi connectivity index (χ1) is 9.34. The zero-order chi connectivity index (χ0) is 12.8. The third-order valence-corrected chi connectivity index (χ3v) is 3.43. The quantitative estimate of drug-likeness (QED) is 0.612. The first kappa shape index (κ1) is 10.4. The molecule has 2 aromatic heterocycles. The predicted molar refractivity (Wildman–Crippen MR) is 72.9 cm³/mol. The van der Waals surface area contributed by atoms with Crippen LogP contribution in [0.5, 0.6) is 0 Å². The molecule has 1 aromatic carbocycles. The van der Waals surface area contributed by atoms with Gasteiger partial charge in [0.2, 0.25) is 0 Å². The lowest BCUT2D eigenvalue weighted by atomic mass is 10.0. The molecule has 19 heavy (non-hydrogen) atoms. The molecule has 1 aliphatic rings. The SMILES string of the molecule is O=c1oc2c(c3ccccc13)-c1occc1C=CC2. The molecule has 3 aromatic rings. The fourth-order valence-corrected chi connectivity index (χ4v) is 2.59. The van der Waals surface area contributed by atoms with Gasteiger partial charge in [0.15, 0.2) is 0 Å². The summed E-state index contributed by atoms with van der Waals surface area (Å²) in [5.74, 6) is 1.43. The Balaban J connectivity index is 2.23. The van der Waals surface area contributed by atoms with Crippen molar-refractivity contribution in [3.8, 4) is 11.3 Å². The highest BCUT2D eigenvalue weighted by molar-refractivity contribution is 5.97. The summed E-state index contributed by atoms with van der Waals surface area (Å²) in [5.41, 5.74) is 1.61. The van der Waals surface area contributed by atoms with Crippen molar-refractivity contribution >= 4 is 16.8 Å². The molecule has 4 rings (SSSR count). The van der Waals surface area contributed by atoms with E-state index in [-0.39, 0.29) is 5.63 Å². The van der Waals surface area contributed by atoms with Crippen LogP contribution in [-0.2, 0) is 6.42 Å². The normalized spacial score (nSPS) is 13.1. The van der Waals surface area contributed by atoms with Gasteiger partial charge in [-0.1, -0.05) is 30.4 Å². The van der Waals surface area contributed by atoms with Gasteiger partial charge in [-0.2, -0.15) is 0 Å². The predicted octanol–water partition coefficient (Wildman–Crippen LogP) is 3.62. The van der Waals surface area contributed by atoms with Crippen molar-refractivity contribution in [2.24, 2.45) is 0 Å². The number of benzene rings is 1. The Kier molecular flexibility index (Phi) is 2.03.